The second kappa shape index (κ2) is 8.05. The van der Waals surface area contributed by atoms with E-state index in [1.165, 1.54) is 4.90 Å². The summed E-state index contributed by atoms with van der Waals surface area (Å²) in [4.78, 5) is 54.2. The van der Waals surface area contributed by atoms with Crippen molar-refractivity contribution in [2.45, 2.75) is 31.8 Å². The molecule has 176 valence electrons. The van der Waals surface area contributed by atoms with Gasteiger partial charge >= 0.3 is 6.03 Å². The molecule has 2 aromatic carbocycles. The van der Waals surface area contributed by atoms with Crippen LogP contribution in [0, 0.1) is 0 Å². The molecule has 3 heterocycles. The van der Waals surface area contributed by atoms with Crippen molar-refractivity contribution in [2.75, 3.05) is 30.0 Å². The van der Waals surface area contributed by atoms with Gasteiger partial charge in [-0.15, -0.1) is 0 Å². The van der Waals surface area contributed by atoms with Gasteiger partial charge in [-0.2, -0.15) is 0 Å². The van der Waals surface area contributed by atoms with Gasteiger partial charge in [0, 0.05) is 12.5 Å². The Hall–Kier alpha value is -4.08. The second-order valence-corrected chi connectivity index (χ2v) is 8.69. The summed E-state index contributed by atoms with van der Waals surface area (Å²) in [5.41, 5.74) is 0.178. The summed E-state index contributed by atoms with van der Waals surface area (Å²) < 4.78 is 11.1. The summed E-state index contributed by atoms with van der Waals surface area (Å²) in [5.74, 6) is -0.164. The third-order valence-corrected chi connectivity index (χ3v) is 6.32. The van der Waals surface area contributed by atoms with Gasteiger partial charge in [0.1, 0.15) is 25.3 Å². The molecule has 5 rings (SSSR count). The van der Waals surface area contributed by atoms with E-state index in [1.54, 1.807) is 56.3 Å². The number of anilines is 2. The maximum atomic E-state index is 13.4. The van der Waals surface area contributed by atoms with Crippen molar-refractivity contribution in [2.24, 2.45) is 0 Å². The predicted molar refractivity (Wildman–Crippen MR) is 122 cm³/mol. The first-order valence-electron chi connectivity index (χ1n) is 11.0. The first kappa shape index (κ1) is 21.7. The molecule has 0 aliphatic carbocycles. The van der Waals surface area contributed by atoms with Crippen LogP contribution in [0.3, 0.4) is 0 Å². The molecule has 0 bridgehead atoms. The monoisotopic (exact) mass is 464 g/mol. The average Bonchev–Trinajstić information content (AvgIpc) is 2.95. The summed E-state index contributed by atoms with van der Waals surface area (Å²) in [5, 5.41) is 5.51. The lowest BCUT2D eigenvalue weighted by Crippen LogP contribution is -2.47. The smallest absolute Gasteiger partial charge is 0.325 e. The Labute approximate surface area is 195 Å². The molecule has 2 atom stereocenters. The molecule has 5 amide bonds. The first-order chi connectivity index (χ1) is 16.3. The summed E-state index contributed by atoms with van der Waals surface area (Å²) in [6, 6.07) is 10.9. The number of rotatable bonds is 3. The van der Waals surface area contributed by atoms with Gasteiger partial charge in [-0.25, -0.2) is 4.79 Å². The van der Waals surface area contributed by atoms with E-state index < -0.39 is 36.0 Å². The molecule has 0 spiro atoms. The van der Waals surface area contributed by atoms with Crippen LogP contribution in [0.25, 0.3) is 0 Å². The van der Waals surface area contributed by atoms with Gasteiger partial charge in [0.25, 0.3) is 5.91 Å². The number of ether oxygens (including phenoxy) is 2. The Morgan fingerprint density at radius 3 is 2.62 bits per heavy atom. The molecule has 0 unspecified atom stereocenters. The number of benzene rings is 2. The molecule has 0 saturated carbocycles. The molecular weight excluding hydrogens is 440 g/mol. The lowest BCUT2D eigenvalue weighted by atomic mass is 9.91. The summed E-state index contributed by atoms with van der Waals surface area (Å²) in [6.07, 6.45) is 0.0927. The number of nitrogens with one attached hydrogen (secondary N) is 2. The van der Waals surface area contributed by atoms with E-state index in [-0.39, 0.29) is 12.3 Å². The Balaban J connectivity index is 1.41. The van der Waals surface area contributed by atoms with Crippen LogP contribution >= 0.6 is 0 Å². The van der Waals surface area contributed by atoms with Crippen molar-refractivity contribution >= 4 is 35.1 Å². The van der Waals surface area contributed by atoms with Gasteiger partial charge in [-0.3, -0.25) is 19.3 Å². The SMILES string of the molecule is C[C@H]1CC(=O)Nc2ccccc2N1C(=O)CN1C(=O)N[C@](C)(c2ccc3c(c2)OCCO3)C1=O. The molecule has 34 heavy (non-hydrogen) atoms. The van der Waals surface area contributed by atoms with Crippen molar-refractivity contribution < 1.29 is 28.7 Å². The number of urea groups is 1. The first-order valence-corrected chi connectivity index (χ1v) is 11.0. The summed E-state index contributed by atoms with van der Waals surface area (Å²) in [7, 11) is 0. The average molecular weight is 464 g/mol. The number of imide groups is 1. The molecule has 2 aromatic rings. The zero-order valence-electron chi connectivity index (χ0n) is 18.8. The maximum absolute atomic E-state index is 13.4. The van der Waals surface area contributed by atoms with Gasteiger partial charge in [0.15, 0.2) is 11.5 Å². The second-order valence-electron chi connectivity index (χ2n) is 8.69. The highest BCUT2D eigenvalue weighted by Gasteiger charge is 2.50. The quantitative estimate of drug-likeness (QED) is 0.671. The number of nitrogens with zero attached hydrogens (tertiary/aromatic N) is 2. The highest BCUT2D eigenvalue weighted by Crippen LogP contribution is 2.37. The molecular formula is C24H24N4O6. The van der Waals surface area contributed by atoms with Crippen LogP contribution in [0.5, 0.6) is 11.5 Å². The number of hydrogen-bond acceptors (Lipinski definition) is 6. The van der Waals surface area contributed by atoms with Crippen LogP contribution < -0.4 is 25.0 Å². The summed E-state index contributed by atoms with van der Waals surface area (Å²) >= 11 is 0. The van der Waals surface area contributed by atoms with Crippen molar-refractivity contribution in [3.8, 4) is 11.5 Å². The van der Waals surface area contributed by atoms with E-state index >= 15 is 0 Å². The van der Waals surface area contributed by atoms with Crippen LogP contribution in [-0.2, 0) is 19.9 Å². The fourth-order valence-electron chi connectivity index (χ4n) is 4.57. The lowest BCUT2D eigenvalue weighted by Gasteiger charge is -2.29. The third-order valence-electron chi connectivity index (χ3n) is 6.32. The van der Waals surface area contributed by atoms with E-state index in [2.05, 4.69) is 10.6 Å². The third kappa shape index (κ3) is 3.51. The fraction of sp³-hybridized carbons (Fsp3) is 0.333. The molecule has 0 aromatic heterocycles. The van der Waals surface area contributed by atoms with Crippen molar-refractivity contribution in [1.82, 2.24) is 10.2 Å². The number of carbonyl (C=O) groups is 4. The van der Waals surface area contributed by atoms with E-state index in [4.69, 9.17) is 9.47 Å². The topological polar surface area (TPSA) is 117 Å². The molecule has 10 heteroatoms. The standard InChI is InChI=1S/C24H24N4O6/c1-14-11-20(29)25-16-5-3-4-6-17(16)28(14)21(30)13-27-22(31)24(2,26-23(27)32)15-7-8-18-19(12-15)34-10-9-33-18/h3-8,12,14H,9-11,13H2,1-2H3,(H,25,29)(H,26,32)/t14-,24+/m0/s1. The largest absolute Gasteiger partial charge is 0.486 e. The minimum absolute atomic E-state index is 0.0927. The Kier molecular flexibility index (Phi) is 5.15. The maximum Gasteiger partial charge on any atom is 0.325 e. The van der Waals surface area contributed by atoms with Crippen LogP contribution in [0.2, 0.25) is 0 Å². The van der Waals surface area contributed by atoms with Crippen molar-refractivity contribution in [3.63, 3.8) is 0 Å². The van der Waals surface area contributed by atoms with Gasteiger partial charge in [-0.05, 0) is 43.7 Å². The number of carbonyl (C=O) groups excluding carboxylic acids is 4. The molecule has 1 saturated heterocycles. The van der Waals surface area contributed by atoms with Crippen LogP contribution in [0.4, 0.5) is 16.2 Å². The van der Waals surface area contributed by atoms with Crippen molar-refractivity contribution in [3.05, 3.63) is 48.0 Å². The minimum atomic E-state index is -1.37. The number of fused-ring (bicyclic) bond motifs is 2. The molecule has 1 fully saturated rings. The lowest BCUT2D eigenvalue weighted by molar-refractivity contribution is -0.134. The highest BCUT2D eigenvalue weighted by molar-refractivity contribution is 6.12. The fourth-order valence-corrected chi connectivity index (χ4v) is 4.57. The normalized spacial score (nSPS) is 23.7. The van der Waals surface area contributed by atoms with Gasteiger partial charge < -0.3 is 25.0 Å². The number of hydrogen-bond donors (Lipinski definition) is 2. The predicted octanol–water partition coefficient (Wildman–Crippen LogP) is 1.99. The van der Waals surface area contributed by atoms with E-state index in [1.807, 2.05) is 0 Å². The zero-order chi connectivity index (χ0) is 24.0. The van der Waals surface area contributed by atoms with Crippen LogP contribution in [0.1, 0.15) is 25.8 Å². The molecule has 10 nitrogen and oxygen atoms in total. The van der Waals surface area contributed by atoms with Crippen molar-refractivity contribution in [1.29, 1.82) is 0 Å². The number of amides is 5. The van der Waals surface area contributed by atoms with E-state index in [9.17, 15) is 19.2 Å². The Morgan fingerprint density at radius 2 is 1.82 bits per heavy atom. The van der Waals surface area contributed by atoms with E-state index in [0.29, 0.717) is 41.7 Å². The number of para-hydroxylation sites is 2. The van der Waals surface area contributed by atoms with Gasteiger partial charge in [0.05, 0.1) is 11.4 Å². The highest BCUT2D eigenvalue weighted by atomic mass is 16.6. The molecule has 3 aliphatic rings. The summed E-state index contributed by atoms with van der Waals surface area (Å²) in [6.45, 7) is 3.72. The van der Waals surface area contributed by atoms with Gasteiger partial charge in [-0.1, -0.05) is 18.2 Å². The molecule has 2 N–H and O–H groups in total. The zero-order valence-corrected chi connectivity index (χ0v) is 18.8. The van der Waals surface area contributed by atoms with Crippen LogP contribution in [0.15, 0.2) is 42.5 Å². The van der Waals surface area contributed by atoms with Crippen LogP contribution in [-0.4, -0.2) is 54.5 Å². The Morgan fingerprint density at radius 1 is 1.09 bits per heavy atom. The Bertz CT molecular complexity index is 1210. The van der Waals surface area contributed by atoms with E-state index in [0.717, 1.165) is 4.90 Å². The molecule has 3 aliphatic heterocycles. The molecule has 0 radical (unpaired) electrons. The van der Waals surface area contributed by atoms with Gasteiger partial charge in [0.2, 0.25) is 11.8 Å². The minimum Gasteiger partial charge on any atom is -0.486 e.